The lowest BCUT2D eigenvalue weighted by atomic mass is 10.1. The third kappa shape index (κ3) is 2.79. The third-order valence-electron chi connectivity index (χ3n) is 3.68. The van der Waals surface area contributed by atoms with Crippen LogP contribution in [0.3, 0.4) is 0 Å². The lowest BCUT2D eigenvalue weighted by Crippen LogP contribution is -2.29. The molecule has 2 heterocycles. The molecule has 1 aromatic heterocycles. The summed E-state index contributed by atoms with van der Waals surface area (Å²) in [6.07, 6.45) is 3.62. The van der Waals surface area contributed by atoms with Gasteiger partial charge in [0, 0.05) is 18.7 Å². The Morgan fingerprint density at radius 2 is 1.81 bits per heavy atom. The molecule has 0 aliphatic carbocycles. The van der Waals surface area contributed by atoms with Crippen LogP contribution in [0.5, 0.6) is 11.5 Å². The first kappa shape index (κ1) is 13.7. The first-order valence-electron chi connectivity index (χ1n) is 7.13. The monoisotopic (exact) mass is 289 g/mol. The first-order valence-corrected chi connectivity index (χ1v) is 7.13. The Labute approximate surface area is 123 Å². The summed E-state index contributed by atoms with van der Waals surface area (Å²) in [7, 11) is 3.22. The van der Waals surface area contributed by atoms with Crippen molar-refractivity contribution in [1.29, 1.82) is 0 Å². The number of rotatable bonds is 4. The second kappa shape index (κ2) is 6.03. The first-order chi connectivity index (χ1) is 10.3. The molecule has 1 aliphatic heterocycles. The van der Waals surface area contributed by atoms with E-state index in [4.69, 9.17) is 14.0 Å². The highest BCUT2D eigenvalue weighted by molar-refractivity contribution is 5.61. The molecule has 2 aromatic rings. The topological polar surface area (TPSA) is 60.6 Å². The number of ether oxygens (including phenoxy) is 2. The van der Waals surface area contributed by atoms with E-state index in [1.165, 1.54) is 19.3 Å². The molecule has 0 spiro atoms. The van der Waals surface area contributed by atoms with Gasteiger partial charge in [0.1, 0.15) is 0 Å². The Kier molecular flexibility index (Phi) is 3.94. The molecule has 1 saturated heterocycles. The zero-order valence-corrected chi connectivity index (χ0v) is 12.3. The molecule has 0 bridgehead atoms. The number of hydrogen-bond donors (Lipinski definition) is 0. The van der Waals surface area contributed by atoms with Gasteiger partial charge in [-0.25, -0.2) is 0 Å². The number of aromatic nitrogens is 2. The van der Waals surface area contributed by atoms with E-state index in [9.17, 15) is 0 Å². The Morgan fingerprint density at radius 3 is 2.52 bits per heavy atom. The van der Waals surface area contributed by atoms with Crippen LogP contribution in [0.25, 0.3) is 11.4 Å². The molecule has 6 nitrogen and oxygen atoms in total. The van der Waals surface area contributed by atoms with Gasteiger partial charge in [0.05, 0.1) is 14.2 Å². The second-order valence-electron chi connectivity index (χ2n) is 5.02. The maximum absolute atomic E-state index is 5.38. The van der Waals surface area contributed by atoms with Gasteiger partial charge in [-0.3, -0.25) is 0 Å². The van der Waals surface area contributed by atoms with Crippen molar-refractivity contribution in [2.24, 2.45) is 0 Å². The Morgan fingerprint density at radius 1 is 1.05 bits per heavy atom. The molecule has 0 radical (unpaired) electrons. The van der Waals surface area contributed by atoms with E-state index >= 15 is 0 Å². The van der Waals surface area contributed by atoms with Crippen LogP contribution in [-0.4, -0.2) is 37.4 Å². The van der Waals surface area contributed by atoms with E-state index in [1.807, 2.05) is 18.2 Å². The quantitative estimate of drug-likeness (QED) is 0.862. The summed E-state index contributed by atoms with van der Waals surface area (Å²) < 4.78 is 15.9. The predicted molar refractivity (Wildman–Crippen MR) is 78.9 cm³/mol. The van der Waals surface area contributed by atoms with Gasteiger partial charge in [0.2, 0.25) is 5.82 Å². The van der Waals surface area contributed by atoms with Crippen LogP contribution in [0.1, 0.15) is 19.3 Å². The Balaban J connectivity index is 1.85. The number of anilines is 1. The van der Waals surface area contributed by atoms with Crippen LogP contribution < -0.4 is 14.4 Å². The van der Waals surface area contributed by atoms with E-state index in [-0.39, 0.29) is 0 Å². The smallest absolute Gasteiger partial charge is 0.324 e. The maximum atomic E-state index is 5.38. The van der Waals surface area contributed by atoms with Gasteiger partial charge in [0.15, 0.2) is 11.5 Å². The van der Waals surface area contributed by atoms with Crippen molar-refractivity contribution in [2.45, 2.75) is 19.3 Å². The van der Waals surface area contributed by atoms with Crippen LogP contribution >= 0.6 is 0 Å². The molecule has 0 amide bonds. The lowest BCUT2D eigenvalue weighted by molar-refractivity contribution is 0.355. The predicted octanol–water partition coefficient (Wildman–Crippen LogP) is 2.74. The van der Waals surface area contributed by atoms with Crippen molar-refractivity contribution in [3.63, 3.8) is 0 Å². The molecular weight excluding hydrogens is 270 g/mol. The molecule has 1 fully saturated rings. The Bertz CT molecular complexity index is 606. The number of piperidine rings is 1. The van der Waals surface area contributed by atoms with Crippen LogP contribution in [0.2, 0.25) is 0 Å². The molecule has 0 saturated carbocycles. The van der Waals surface area contributed by atoms with Gasteiger partial charge in [-0.05, 0) is 37.5 Å². The van der Waals surface area contributed by atoms with Gasteiger partial charge >= 0.3 is 6.01 Å². The summed E-state index contributed by atoms with van der Waals surface area (Å²) in [6.45, 7) is 1.96. The van der Waals surface area contributed by atoms with Crippen molar-refractivity contribution in [1.82, 2.24) is 10.1 Å². The average molecular weight is 289 g/mol. The minimum absolute atomic E-state index is 0.566. The highest BCUT2D eigenvalue weighted by atomic mass is 16.5. The molecule has 112 valence electrons. The van der Waals surface area contributed by atoms with Gasteiger partial charge in [-0.1, -0.05) is 5.16 Å². The summed E-state index contributed by atoms with van der Waals surface area (Å²) in [5.74, 6) is 1.90. The van der Waals surface area contributed by atoms with Crippen LogP contribution in [-0.2, 0) is 0 Å². The fourth-order valence-electron chi connectivity index (χ4n) is 2.52. The molecule has 0 atom stereocenters. The van der Waals surface area contributed by atoms with E-state index in [0.29, 0.717) is 23.3 Å². The molecule has 0 unspecified atom stereocenters. The summed E-state index contributed by atoms with van der Waals surface area (Å²) >= 11 is 0. The van der Waals surface area contributed by atoms with E-state index in [0.717, 1.165) is 18.7 Å². The molecule has 0 N–H and O–H groups in total. The van der Waals surface area contributed by atoms with Crippen LogP contribution in [0.15, 0.2) is 22.7 Å². The van der Waals surface area contributed by atoms with Crippen molar-refractivity contribution in [3.8, 4) is 22.9 Å². The normalized spacial score (nSPS) is 15.0. The van der Waals surface area contributed by atoms with Gasteiger partial charge in [-0.15, -0.1) is 0 Å². The van der Waals surface area contributed by atoms with Crippen LogP contribution in [0, 0.1) is 0 Å². The number of hydrogen-bond acceptors (Lipinski definition) is 6. The van der Waals surface area contributed by atoms with Crippen LogP contribution in [0.4, 0.5) is 6.01 Å². The van der Waals surface area contributed by atoms with Gasteiger partial charge < -0.3 is 18.9 Å². The minimum Gasteiger partial charge on any atom is -0.493 e. The molecule has 21 heavy (non-hydrogen) atoms. The molecule has 6 heteroatoms. The van der Waals surface area contributed by atoms with Crippen molar-refractivity contribution >= 4 is 6.01 Å². The molecule has 1 aliphatic rings. The largest absolute Gasteiger partial charge is 0.493 e. The lowest BCUT2D eigenvalue weighted by Gasteiger charge is -2.23. The number of benzene rings is 1. The summed E-state index contributed by atoms with van der Waals surface area (Å²) in [5, 5.41) is 4.07. The molecule has 1 aromatic carbocycles. The van der Waals surface area contributed by atoms with Crippen molar-refractivity contribution in [2.75, 3.05) is 32.2 Å². The Hall–Kier alpha value is -2.24. The third-order valence-corrected chi connectivity index (χ3v) is 3.68. The van der Waals surface area contributed by atoms with E-state index in [1.54, 1.807) is 14.2 Å². The SMILES string of the molecule is COc1ccc(-c2noc(N3CCCCC3)n2)cc1OC. The number of nitrogens with zero attached hydrogens (tertiary/aromatic N) is 3. The van der Waals surface area contributed by atoms with Gasteiger partial charge in [-0.2, -0.15) is 4.98 Å². The second-order valence-corrected chi connectivity index (χ2v) is 5.02. The summed E-state index contributed by atoms with van der Waals surface area (Å²) in [6, 6.07) is 6.18. The van der Waals surface area contributed by atoms with E-state index in [2.05, 4.69) is 15.0 Å². The highest BCUT2D eigenvalue weighted by Gasteiger charge is 2.18. The van der Waals surface area contributed by atoms with Crippen molar-refractivity contribution < 1.29 is 14.0 Å². The van der Waals surface area contributed by atoms with Gasteiger partial charge in [0.25, 0.3) is 0 Å². The zero-order valence-electron chi connectivity index (χ0n) is 12.3. The molecular formula is C15H19N3O3. The fourth-order valence-corrected chi connectivity index (χ4v) is 2.52. The van der Waals surface area contributed by atoms with E-state index < -0.39 is 0 Å². The number of methoxy groups -OCH3 is 2. The summed E-state index contributed by atoms with van der Waals surface area (Å²) in [5.41, 5.74) is 0.847. The fraction of sp³-hybridized carbons (Fsp3) is 0.467. The average Bonchev–Trinajstić information content (AvgIpc) is 3.05. The highest BCUT2D eigenvalue weighted by Crippen LogP contribution is 2.32. The summed E-state index contributed by atoms with van der Waals surface area (Å²) in [4.78, 5) is 6.63. The van der Waals surface area contributed by atoms with Crippen molar-refractivity contribution in [3.05, 3.63) is 18.2 Å². The minimum atomic E-state index is 0.566. The maximum Gasteiger partial charge on any atom is 0.324 e. The zero-order chi connectivity index (χ0) is 14.7. The molecule has 3 rings (SSSR count). The standard InChI is InChI=1S/C15H19N3O3/c1-19-12-7-6-11(10-13(12)20-2)14-16-15(21-17-14)18-8-4-3-5-9-18/h6-7,10H,3-5,8-9H2,1-2H3.